The van der Waals surface area contributed by atoms with Crippen LogP contribution in [0, 0.1) is 11.6 Å². The molecule has 0 aliphatic heterocycles. The Balaban J connectivity index is 2.54. The average Bonchev–Trinajstić information content (AvgIpc) is 2.42. The van der Waals surface area contributed by atoms with E-state index in [0.717, 1.165) is 28.6 Å². The van der Waals surface area contributed by atoms with Gasteiger partial charge in [-0.25, -0.2) is 17.2 Å². The smallest absolute Gasteiger partial charge is 0.267 e. The Morgan fingerprint density at radius 1 is 1.14 bits per heavy atom. The fourth-order valence-corrected chi connectivity index (χ4v) is 3.32. The first-order valence-corrected chi connectivity index (χ1v) is 7.54. The highest BCUT2D eigenvalue weighted by Gasteiger charge is 2.26. The molecule has 2 aromatic rings. The number of benzene rings is 2. The van der Waals surface area contributed by atoms with E-state index in [1.807, 2.05) is 0 Å². The van der Waals surface area contributed by atoms with Crippen molar-refractivity contribution in [2.75, 3.05) is 17.1 Å². The van der Waals surface area contributed by atoms with E-state index in [-0.39, 0.29) is 16.4 Å². The maximum Gasteiger partial charge on any atom is 0.267 e. The largest absolute Gasteiger partial charge is 0.396 e. The van der Waals surface area contributed by atoms with Gasteiger partial charge in [0.15, 0.2) is 5.82 Å². The van der Waals surface area contributed by atoms with Gasteiger partial charge in [0, 0.05) is 12.1 Å². The van der Waals surface area contributed by atoms with Gasteiger partial charge in [0.25, 0.3) is 10.0 Å². The molecule has 0 aliphatic carbocycles. The summed E-state index contributed by atoms with van der Waals surface area (Å²) in [5.74, 6) is -1.59. The van der Waals surface area contributed by atoms with Crippen molar-refractivity contribution in [3.63, 3.8) is 0 Å². The molecule has 0 spiro atoms. The molecule has 0 bridgehead atoms. The first kappa shape index (κ1) is 15.5. The van der Waals surface area contributed by atoms with Gasteiger partial charge in [-0.1, -0.05) is 11.6 Å². The molecule has 0 aromatic heterocycles. The fraction of sp³-hybridized carbons (Fsp3) is 0.0769. The number of sulfonamides is 1. The molecule has 2 aromatic carbocycles. The quantitative estimate of drug-likeness (QED) is 0.879. The van der Waals surface area contributed by atoms with Crippen molar-refractivity contribution < 1.29 is 17.2 Å². The molecule has 0 saturated heterocycles. The lowest BCUT2D eigenvalue weighted by atomic mass is 10.3. The van der Waals surface area contributed by atoms with Crippen molar-refractivity contribution in [1.29, 1.82) is 0 Å². The van der Waals surface area contributed by atoms with E-state index in [1.54, 1.807) is 0 Å². The number of nitrogens with two attached hydrogens (primary N) is 1. The second kappa shape index (κ2) is 5.50. The Bertz CT molecular complexity index is 780. The molecule has 21 heavy (non-hydrogen) atoms. The average molecular weight is 333 g/mol. The van der Waals surface area contributed by atoms with Gasteiger partial charge >= 0.3 is 0 Å². The van der Waals surface area contributed by atoms with E-state index in [1.165, 1.54) is 19.2 Å². The zero-order valence-corrected chi connectivity index (χ0v) is 12.4. The Morgan fingerprint density at radius 3 is 2.29 bits per heavy atom. The second-order valence-electron chi connectivity index (χ2n) is 4.26. The van der Waals surface area contributed by atoms with E-state index in [9.17, 15) is 17.2 Å². The molecular formula is C13H11ClF2N2O2S. The Kier molecular flexibility index (Phi) is 4.06. The number of hydrogen-bond acceptors (Lipinski definition) is 3. The Morgan fingerprint density at radius 2 is 1.71 bits per heavy atom. The number of anilines is 2. The molecule has 0 fully saturated rings. The van der Waals surface area contributed by atoms with E-state index in [2.05, 4.69) is 0 Å². The third-order valence-corrected chi connectivity index (χ3v) is 4.86. The molecular weight excluding hydrogens is 322 g/mol. The van der Waals surface area contributed by atoms with Gasteiger partial charge in [-0.3, -0.25) is 4.31 Å². The predicted octanol–water partition coefficient (Wildman–Crippen LogP) is 3.03. The summed E-state index contributed by atoms with van der Waals surface area (Å²) in [5, 5.41) is -0.0000175. The number of nitrogen functional groups attached to an aromatic ring is 1. The first-order chi connectivity index (χ1) is 9.73. The predicted molar refractivity (Wildman–Crippen MR) is 77.8 cm³/mol. The Labute approximate surface area is 125 Å². The van der Waals surface area contributed by atoms with E-state index in [0.29, 0.717) is 0 Å². The summed E-state index contributed by atoms with van der Waals surface area (Å²) in [6.07, 6.45) is 0. The maximum absolute atomic E-state index is 14.0. The van der Waals surface area contributed by atoms with Gasteiger partial charge in [-0.05, 0) is 36.4 Å². The third kappa shape index (κ3) is 2.93. The summed E-state index contributed by atoms with van der Waals surface area (Å²) < 4.78 is 52.5. The summed E-state index contributed by atoms with van der Waals surface area (Å²) in [6.45, 7) is 0. The molecule has 0 saturated carbocycles. The van der Waals surface area contributed by atoms with Crippen molar-refractivity contribution in [3.8, 4) is 0 Å². The number of halogens is 3. The number of nitrogens with zero attached hydrogens (tertiary/aromatic N) is 1. The van der Waals surface area contributed by atoms with E-state index < -0.39 is 26.6 Å². The van der Waals surface area contributed by atoms with Crippen LogP contribution in [0.25, 0.3) is 0 Å². The minimum Gasteiger partial charge on any atom is -0.396 e. The van der Waals surface area contributed by atoms with Crippen LogP contribution in [0.3, 0.4) is 0 Å². The van der Waals surface area contributed by atoms with Crippen molar-refractivity contribution in [3.05, 3.63) is 53.1 Å². The van der Waals surface area contributed by atoms with Gasteiger partial charge in [0.05, 0.1) is 11.4 Å². The summed E-state index contributed by atoms with van der Waals surface area (Å²) in [4.78, 5) is -0.640. The zero-order valence-electron chi connectivity index (χ0n) is 10.8. The molecule has 0 unspecified atom stereocenters. The molecule has 4 nitrogen and oxygen atoms in total. The van der Waals surface area contributed by atoms with Crippen molar-refractivity contribution in [2.45, 2.75) is 4.90 Å². The van der Waals surface area contributed by atoms with Crippen LogP contribution >= 0.6 is 11.6 Å². The molecule has 2 N–H and O–H groups in total. The van der Waals surface area contributed by atoms with Gasteiger partial charge in [0.1, 0.15) is 10.7 Å². The fourth-order valence-electron chi connectivity index (χ4n) is 1.71. The van der Waals surface area contributed by atoms with Crippen LogP contribution in [0.5, 0.6) is 0 Å². The lowest BCUT2D eigenvalue weighted by Gasteiger charge is -2.20. The van der Waals surface area contributed by atoms with E-state index in [4.69, 9.17) is 17.3 Å². The van der Waals surface area contributed by atoms with Gasteiger partial charge in [0.2, 0.25) is 0 Å². The van der Waals surface area contributed by atoms with E-state index >= 15 is 0 Å². The van der Waals surface area contributed by atoms with Crippen LogP contribution < -0.4 is 10.0 Å². The molecule has 2 rings (SSSR count). The summed E-state index contributed by atoms with van der Waals surface area (Å²) >= 11 is 5.72. The van der Waals surface area contributed by atoms with Crippen LogP contribution in [-0.4, -0.2) is 15.5 Å². The van der Waals surface area contributed by atoms with Gasteiger partial charge in [-0.2, -0.15) is 0 Å². The van der Waals surface area contributed by atoms with Crippen LogP contribution in [0.15, 0.2) is 41.3 Å². The minimum absolute atomic E-state index is 0.0000175. The van der Waals surface area contributed by atoms with Gasteiger partial charge in [-0.15, -0.1) is 0 Å². The number of hydrogen-bond donors (Lipinski definition) is 1. The third-order valence-electron chi connectivity index (χ3n) is 2.86. The van der Waals surface area contributed by atoms with Crippen LogP contribution in [0.1, 0.15) is 0 Å². The SMILES string of the molecule is CN(c1ccc(F)cc1)S(=O)(=O)c1cc(Cl)cc(N)c1F. The highest BCUT2D eigenvalue weighted by Crippen LogP contribution is 2.29. The summed E-state index contributed by atoms with van der Waals surface area (Å²) in [6, 6.07) is 6.82. The molecule has 0 radical (unpaired) electrons. The maximum atomic E-state index is 14.0. The topological polar surface area (TPSA) is 63.4 Å². The van der Waals surface area contributed by atoms with Gasteiger partial charge < -0.3 is 5.73 Å². The molecule has 0 aliphatic rings. The zero-order chi connectivity index (χ0) is 15.8. The van der Waals surface area contributed by atoms with Crippen LogP contribution in [0.4, 0.5) is 20.2 Å². The normalized spacial score (nSPS) is 11.4. The minimum atomic E-state index is -4.21. The molecule has 0 amide bonds. The lowest BCUT2D eigenvalue weighted by molar-refractivity contribution is 0.568. The standard InChI is InChI=1S/C13H11ClF2N2O2S/c1-18(10-4-2-9(15)3-5-10)21(19,20)12-7-8(14)6-11(17)13(12)16/h2-7H,17H2,1H3. The second-order valence-corrected chi connectivity index (χ2v) is 6.63. The summed E-state index contributed by atoms with van der Waals surface area (Å²) in [7, 11) is -2.99. The van der Waals surface area contributed by atoms with Crippen molar-refractivity contribution in [2.24, 2.45) is 0 Å². The molecule has 0 atom stereocenters. The summed E-state index contributed by atoms with van der Waals surface area (Å²) in [5.41, 5.74) is 5.19. The van der Waals surface area contributed by atoms with Crippen molar-refractivity contribution >= 4 is 33.0 Å². The van der Waals surface area contributed by atoms with Crippen molar-refractivity contribution in [1.82, 2.24) is 0 Å². The molecule has 0 heterocycles. The highest BCUT2D eigenvalue weighted by molar-refractivity contribution is 7.92. The molecule has 112 valence electrons. The van der Waals surface area contributed by atoms with Crippen LogP contribution in [-0.2, 0) is 10.0 Å². The molecule has 8 heteroatoms. The Hall–Kier alpha value is -1.86. The lowest BCUT2D eigenvalue weighted by Crippen LogP contribution is -2.27. The monoisotopic (exact) mass is 332 g/mol. The first-order valence-electron chi connectivity index (χ1n) is 5.72. The number of rotatable bonds is 3. The van der Waals surface area contributed by atoms with Crippen LogP contribution in [0.2, 0.25) is 5.02 Å². The highest BCUT2D eigenvalue weighted by atomic mass is 35.5.